The summed E-state index contributed by atoms with van der Waals surface area (Å²) in [4.78, 5) is 0. The Kier molecular flexibility index (Phi) is 3.85. The van der Waals surface area contributed by atoms with Crippen LogP contribution in [0.2, 0.25) is 0 Å². The van der Waals surface area contributed by atoms with Gasteiger partial charge >= 0.3 is 0 Å². The minimum atomic E-state index is -0.383. The molecule has 0 aliphatic heterocycles. The minimum Gasteiger partial charge on any atom is -0.419 e. The lowest BCUT2D eigenvalue weighted by Crippen LogP contribution is -2.23. The number of nitrogens with zero attached hydrogens (tertiary/aromatic N) is 2. The second kappa shape index (κ2) is 5.56. The van der Waals surface area contributed by atoms with E-state index in [-0.39, 0.29) is 6.10 Å². The third-order valence-electron chi connectivity index (χ3n) is 2.20. The van der Waals surface area contributed by atoms with E-state index in [2.05, 4.69) is 15.5 Å². The average Bonchev–Trinajstić information content (AvgIpc) is 2.78. The Hall–Kier alpha value is -1.72. The Balaban J connectivity index is 1.97. The lowest BCUT2D eigenvalue weighted by atomic mass is 10.2. The summed E-state index contributed by atoms with van der Waals surface area (Å²) in [6.45, 7) is 2.68. The lowest BCUT2D eigenvalue weighted by Gasteiger charge is -2.03. The molecule has 0 saturated heterocycles. The van der Waals surface area contributed by atoms with Crippen LogP contribution in [-0.2, 0) is 6.54 Å². The molecule has 0 bridgehead atoms. The second-order valence-corrected chi connectivity index (χ2v) is 3.85. The Bertz CT molecular complexity index is 454. The maximum absolute atomic E-state index is 9.08. The molecule has 1 aromatic carbocycles. The summed E-state index contributed by atoms with van der Waals surface area (Å²) in [6.07, 6.45) is -0.383. The molecule has 0 aliphatic rings. The third-order valence-corrected chi connectivity index (χ3v) is 2.20. The zero-order valence-corrected chi connectivity index (χ0v) is 9.63. The first-order valence-corrected chi connectivity index (χ1v) is 5.52. The molecule has 5 nitrogen and oxygen atoms in total. The molecule has 0 spiro atoms. The monoisotopic (exact) mass is 233 g/mol. The van der Waals surface area contributed by atoms with Crippen molar-refractivity contribution < 1.29 is 9.52 Å². The molecule has 0 amide bonds. The minimum absolute atomic E-state index is 0.383. The number of aromatic nitrogens is 2. The van der Waals surface area contributed by atoms with Crippen molar-refractivity contribution in [1.29, 1.82) is 0 Å². The van der Waals surface area contributed by atoms with Crippen molar-refractivity contribution in [2.45, 2.75) is 19.6 Å². The van der Waals surface area contributed by atoms with E-state index in [0.29, 0.717) is 24.9 Å². The van der Waals surface area contributed by atoms with Gasteiger partial charge in [0.05, 0.1) is 12.6 Å². The zero-order chi connectivity index (χ0) is 12.1. The van der Waals surface area contributed by atoms with Crippen molar-refractivity contribution >= 4 is 0 Å². The van der Waals surface area contributed by atoms with E-state index in [1.165, 1.54) is 0 Å². The number of benzene rings is 1. The van der Waals surface area contributed by atoms with E-state index in [1.807, 2.05) is 30.3 Å². The second-order valence-electron chi connectivity index (χ2n) is 3.85. The van der Waals surface area contributed by atoms with Gasteiger partial charge in [0.2, 0.25) is 11.8 Å². The summed E-state index contributed by atoms with van der Waals surface area (Å²) >= 11 is 0. The highest BCUT2D eigenvalue weighted by atomic mass is 16.4. The van der Waals surface area contributed by atoms with Crippen LogP contribution in [0.4, 0.5) is 0 Å². The van der Waals surface area contributed by atoms with Crippen LogP contribution >= 0.6 is 0 Å². The predicted octanol–water partition coefficient (Wildman–Crippen LogP) is 1.21. The van der Waals surface area contributed by atoms with Gasteiger partial charge in [-0.25, -0.2) is 0 Å². The topological polar surface area (TPSA) is 71.2 Å². The zero-order valence-electron chi connectivity index (χ0n) is 9.63. The number of nitrogens with one attached hydrogen (secondary N) is 1. The van der Waals surface area contributed by atoms with E-state index in [1.54, 1.807) is 6.92 Å². The highest BCUT2D eigenvalue weighted by Crippen LogP contribution is 2.16. The van der Waals surface area contributed by atoms with Gasteiger partial charge < -0.3 is 14.8 Å². The van der Waals surface area contributed by atoms with E-state index in [0.717, 1.165) is 5.56 Å². The Morgan fingerprint density at radius 1 is 1.29 bits per heavy atom. The molecular formula is C12H15N3O2. The summed E-state index contributed by atoms with van der Waals surface area (Å²) in [7, 11) is 0. The molecule has 0 radical (unpaired) electrons. The van der Waals surface area contributed by atoms with Crippen molar-refractivity contribution in [3.63, 3.8) is 0 Å². The first-order chi connectivity index (χ1) is 8.25. The highest BCUT2D eigenvalue weighted by molar-refractivity contribution is 5.51. The number of aliphatic hydroxyl groups excluding tert-OH is 1. The quantitative estimate of drug-likeness (QED) is 0.812. The van der Waals surface area contributed by atoms with Crippen LogP contribution in [0.1, 0.15) is 12.8 Å². The van der Waals surface area contributed by atoms with Gasteiger partial charge in [-0.2, -0.15) is 0 Å². The number of aliphatic hydroxyl groups is 1. The van der Waals surface area contributed by atoms with Gasteiger partial charge in [-0.15, -0.1) is 10.2 Å². The molecule has 1 heterocycles. The van der Waals surface area contributed by atoms with E-state index in [9.17, 15) is 0 Å². The van der Waals surface area contributed by atoms with Crippen molar-refractivity contribution in [3.05, 3.63) is 36.2 Å². The molecule has 2 rings (SSSR count). The molecule has 2 aromatic rings. The summed E-state index contributed by atoms with van der Waals surface area (Å²) < 4.78 is 5.49. The summed E-state index contributed by atoms with van der Waals surface area (Å²) in [6, 6.07) is 9.61. The normalized spacial score (nSPS) is 12.6. The van der Waals surface area contributed by atoms with Gasteiger partial charge in [0.15, 0.2) is 0 Å². The van der Waals surface area contributed by atoms with Crippen LogP contribution in [0.25, 0.3) is 11.5 Å². The van der Waals surface area contributed by atoms with Gasteiger partial charge in [-0.1, -0.05) is 18.2 Å². The third kappa shape index (κ3) is 3.37. The van der Waals surface area contributed by atoms with Crippen molar-refractivity contribution in [2.24, 2.45) is 0 Å². The Morgan fingerprint density at radius 3 is 2.76 bits per heavy atom. The summed E-state index contributed by atoms with van der Waals surface area (Å²) in [5, 5.41) is 20.0. The van der Waals surface area contributed by atoms with Crippen LogP contribution in [0.3, 0.4) is 0 Å². The van der Waals surface area contributed by atoms with E-state index in [4.69, 9.17) is 9.52 Å². The Morgan fingerprint density at radius 2 is 2.06 bits per heavy atom. The largest absolute Gasteiger partial charge is 0.419 e. The van der Waals surface area contributed by atoms with Gasteiger partial charge in [0.1, 0.15) is 0 Å². The number of hydrogen-bond donors (Lipinski definition) is 2. The molecule has 1 unspecified atom stereocenters. The fourth-order valence-corrected chi connectivity index (χ4v) is 1.41. The van der Waals surface area contributed by atoms with Crippen molar-refractivity contribution in [2.75, 3.05) is 6.54 Å². The predicted molar refractivity (Wildman–Crippen MR) is 63.1 cm³/mol. The molecule has 0 fully saturated rings. The highest BCUT2D eigenvalue weighted by Gasteiger charge is 2.07. The van der Waals surface area contributed by atoms with Gasteiger partial charge in [-0.3, -0.25) is 0 Å². The standard InChI is InChI=1S/C12H15N3O2/c1-9(16)7-13-8-11-14-15-12(17-11)10-5-3-2-4-6-10/h2-6,9,13,16H,7-8H2,1H3. The Labute approximate surface area is 99.5 Å². The summed E-state index contributed by atoms with van der Waals surface area (Å²) in [5.41, 5.74) is 0.904. The van der Waals surface area contributed by atoms with Gasteiger partial charge in [-0.05, 0) is 19.1 Å². The van der Waals surface area contributed by atoms with Crippen LogP contribution in [-0.4, -0.2) is 28.0 Å². The maximum Gasteiger partial charge on any atom is 0.247 e. The van der Waals surface area contributed by atoms with Gasteiger partial charge in [0.25, 0.3) is 0 Å². The van der Waals surface area contributed by atoms with Crippen LogP contribution in [0.5, 0.6) is 0 Å². The molecule has 1 aromatic heterocycles. The van der Waals surface area contributed by atoms with Crippen molar-refractivity contribution in [1.82, 2.24) is 15.5 Å². The SMILES string of the molecule is CC(O)CNCc1nnc(-c2ccccc2)o1. The number of rotatable bonds is 5. The molecule has 0 aliphatic carbocycles. The van der Waals surface area contributed by atoms with Crippen LogP contribution in [0.15, 0.2) is 34.7 Å². The fraction of sp³-hybridized carbons (Fsp3) is 0.333. The van der Waals surface area contributed by atoms with Gasteiger partial charge in [0, 0.05) is 12.1 Å². The fourth-order valence-electron chi connectivity index (χ4n) is 1.41. The first-order valence-electron chi connectivity index (χ1n) is 5.52. The molecule has 2 N–H and O–H groups in total. The molecule has 17 heavy (non-hydrogen) atoms. The molecular weight excluding hydrogens is 218 g/mol. The first kappa shape index (κ1) is 11.8. The van der Waals surface area contributed by atoms with E-state index >= 15 is 0 Å². The maximum atomic E-state index is 9.08. The van der Waals surface area contributed by atoms with Crippen LogP contribution in [0, 0.1) is 0 Å². The number of hydrogen-bond acceptors (Lipinski definition) is 5. The van der Waals surface area contributed by atoms with E-state index < -0.39 is 0 Å². The molecule has 0 saturated carbocycles. The van der Waals surface area contributed by atoms with Crippen LogP contribution < -0.4 is 5.32 Å². The lowest BCUT2D eigenvalue weighted by molar-refractivity contribution is 0.189. The average molecular weight is 233 g/mol. The molecule has 5 heteroatoms. The molecule has 90 valence electrons. The molecule has 1 atom stereocenters. The van der Waals surface area contributed by atoms with Crippen molar-refractivity contribution in [3.8, 4) is 11.5 Å². The summed E-state index contributed by atoms with van der Waals surface area (Å²) in [5.74, 6) is 1.03. The smallest absolute Gasteiger partial charge is 0.247 e.